The van der Waals surface area contributed by atoms with Gasteiger partial charge in [-0.3, -0.25) is 4.79 Å². The van der Waals surface area contributed by atoms with Crippen LogP contribution in [-0.2, 0) is 11.3 Å². The van der Waals surface area contributed by atoms with Crippen LogP contribution in [0.2, 0.25) is 0 Å². The molecule has 0 unspecified atom stereocenters. The maximum absolute atomic E-state index is 12.7. The Kier molecular flexibility index (Phi) is 4.45. The summed E-state index contributed by atoms with van der Waals surface area (Å²) >= 11 is 1.14. The molecule has 0 fully saturated rings. The zero-order chi connectivity index (χ0) is 15.4. The molecule has 0 aliphatic heterocycles. The summed E-state index contributed by atoms with van der Waals surface area (Å²) in [5.41, 5.74) is 3.09. The number of fused-ring (bicyclic) bond motifs is 1. The van der Waals surface area contributed by atoms with Crippen LogP contribution in [0, 0.1) is 0 Å². The maximum atomic E-state index is 12.7. The van der Waals surface area contributed by atoms with Crippen LogP contribution in [0.3, 0.4) is 0 Å². The first-order chi connectivity index (χ1) is 10.8. The molecule has 6 nitrogen and oxygen atoms in total. The third kappa shape index (κ3) is 3.15. The lowest BCUT2D eigenvalue weighted by Crippen LogP contribution is -2.33. The van der Waals surface area contributed by atoms with Crippen LogP contribution in [0.5, 0.6) is 0 Å². The first kappa shape index (κ1) is 14.7. The molecule has 2 heterocycles. The summed E-state index contributed by atoms with van der Waals surface area (Å²) in [4.78, 5) is 14.5. The van der Waals surface area contributed by atoms with E-state index in [1.165, 1.54) is 0 Å². The van der Waals surface area contributed by atoms with Crippen molar-refractivity contribution < 1.29 is 13.9 Å². The number of hydrogen-bond donors (Lipinski definition) is 0. The smallest absolute Gasteiger partial charge is 0.254 e. The zero-order valence-electron chi connectivity index (χ0n) is 12.1. The predicted molar refractivity (Wildman–Crippen MR) is 82.7 cm³/mol. The minimum Gasteiger partial charge on any atom is -0.472 e. The molecular weight excluding hydrogens is 302 g/mol. The molecule has 0 radical (unpaired) electrons. The molecule has 0 bridgehead atoms. The Morgan fingerprint density at radius 3 is 2.95 bits per heavy atom. The Morgan fingerprint density at radius 1 is 1.32 bits per heavy atom. The Balaban J connectivity index is 1.83. The predicted octanol–water partition coefficient (Wildman–Crippen LogP) is 2.57. The van der Waals surface area contributed by atoms with E-state index in [4.69, 9.17) is 9.15 Å². The van der Waals surface area contributed by atoms with Crippen LogP contribution in [0.25, 0.3) is 11.0 Å². The van der Waals surface area contributed by atoms with Crippen LogP contribution in [0.1, 0.15) is 15.9 Å². The van der Waals surface area contributed by atoms with Gasteiger partial charge in [0.2, 0.25) is 0 Å². The highest BCUT2D eigenvalue weighted by atomic mass is 32.1. The lowest BCUT2D eigenvalue weighted by atomic mass is 10.1. The first-order valence-electron chi connectivity index (χ1n) is 6.79. The van der Waals surface area contributed by atoms with Gasteiger partial charge in [0.25, 0.3) is 5.91 Å². The van der Waals surface area contributed by atoms with Gasteiger partial charge in [-0.15, -0.1) is 0 Å². The van der Waals surface area contributed by atoms with Crippen molar-refractivity contribution in [2.45, 2.75) is 6.54 Å². The molecule has 7 heteroatoms. The van der Waals surface area contributed by atoms with Crippen LogP contribution < -0.4 is 0 Å². The Bertz CT molecular complexity index is 754. The third-order valence-electron chi connectivity index (χ3n) is 3.31. The van der Waals surface area contributed by atoms with Crippen molar-refractivity contribution in [1.82, 2.24) is 13.6 Å². The molecule has 22 heavy (non-hydrogen) atoms. The highest BCUT2D eigenvalue weighted by molar-refractivity contribution is 7.00. The Hall–Kier alpha value is -2.25. The van der Waals surface area contributed by atoms with Gasteiger partial charge in [0, 0.05) is 31.3 Å². The van der Waals surface area contributed by atoms with Crippen LogP contribution in [0.15, 0.2) is 41.2 Å². The van der Waals surface area contributed by atoms with E-state index < -0.39 is 0 Å². The average Bonchev–Trinajstić information content (AvgIpc) is 3.21. The number of furan rings is 1. The van der Waals surface area contributed by atoms with Crippen molar-refractivity contribution in [3.63, 3.8) is 0 Å². The summed E-state index contributed by atoms with van der Waals surface area (Å²) in [6.07, 6.45) is 3.24. The van der Waals surface area contributed by atoms with Crippen molar-refractivity contribution >= 4 is 28.7 Å². The summed E-state index contributed by atoms with van der Waals surface area (Å²) < 4.78 is 18.5. The number of carbonyl (C=O) groups excluding carboxylic acids is 1. The second-order valence-corrected chi connectivity index (χ2v) is 5.35. The molecule has 0 saturated carbocycles. The number of hydrogen-bond acceptors (Lipinski definition) is 6. The van der Waals surface area contributed by atoms with Gasteiger partial charge in [-0.2, -0.15) is 8.75 Å². The number of ether oxygens (including phenoxy) is 1. The molecular formula is C15H15N3O3S. The van der Waals surface area contributed by atoms with E-state index in [1.54, 1.807) is 36.7 Å². The highest BCUT2D eigenvalue weighted by Crippen LogP contribution is 2.16. The molecule has 3 rings (SSSR count). The van der Waals surface area contributed by atoms with E-state index >= 15 is 0 Å². The standard InChI is InChI=1S/C15H15N3O3S/c1-20-7-5-18(9-11-4-6-21-10-11)15(19)12-2-3-13-14(8-12)17-22-16-13/h2-4,6,8,10H,5,7,9H2,1H3. The van der Waals surface area contributed by atoms with Crippen LogP contribution >= 0.6 is 11.7 Å². The quantitative estimate of drug-likeness (QED) is 0.699. The van der Waals surface area contributed by atoms with E-state index in [9.17, 15) is 4.79 Å². The van der Waals surface area contributed by atoms with Crippen molar-refractivity contribution in [3.05, 3.63) is 47.9 Å². The SMILES string of the molecule is COCCN(Cc1ccoc1)C(=O)c1ccc2nsnc2c1. The van der Waals surface area contributed by atoms with Gasteiger partial charge in [-0.25, -0.2) is 0 Å². The van der Waals surface area contributed by atoms with Crippen molar-refractivity contribution in [2.75, 3.05) is 20.3 Å². The fourth-order valence-corrected chi connectivity index (χ4v) is 2.67. The molecule has 114 valence electrons. The van der Waals surface area contributed by atoms with Crippen molar-refractivity contribution in [3.8, 4) is 0 Å². The number of rotatable bonds is 6. The van der Waals surface area contributed by atoms with Gasteiger partial charge in [-0.1, -0.05) is 0 Å². The summed E-state index contributed by atoms with van der Waals surface area (Å²) in [5.74, 6) is -0.0619. The number of amides is 1. The van der Waals surface area contributed by atoms with E-state index in [2.05, 4.69) is 8.75 Å². The van der Waals surface area contributed by atoms with Gasteiger partial charge < -0.3 is 14.1 Å². The van der Waals surface area contributed by atoms with Gasteiger partial charge in [0.1, 0.15) is 11.0 Å². The second-order valence-electron chi connectivity index (χ2n) is 4.82. The fourth-order valence-electron chi connectivity index (χ4n) is 2.15. The first-order valence-corrected chi connectivity index (χ1v) is 7.52. The molecule has 1 amide bonds. The normalized spacial score (nSPS) is 11.0. The number of benzene rings is 1. The Labute approximate surface area is 131 Å². The van der Waals surface area contributed by atoms with Crippen molar-refractivity contribution in [1.29, 1.82) is 0 Å². The number of methoxy groups -OCH3 is 1. The molecule has 0 aliphatic carbocycles. The summed E-state index contributed by atoms with van der Waals surface area (Å²) in [6, 6.07) is 7.22. The van der Waals surface area contributed by atoms with Crippen LogP contribution in [0.4, 0.5) is 0 Å². The molecule has 0 N–H and O–H groups in total. The largest absolute Gasteiger partial charge is 0.472 e. The monoisotopic (exact) mass is 317 g/mol. The highest BCUT2D eigenvalue weighted by Gasteiger charge is 2.17. The van der Waals surface area contributed by atoms with E-state index in [1.807, 2.05) is 12.1 Å². The zero-order valence-corrected chi connectivity index (χ0v) is 12.9. The van der Waals surface area contributed by atoms with Gasteiger partial charge >= 0.3 is 0 Å². The number of carbonyl (C=O) groups is 1. The number of aromatic nitrogens is 2. The van der Waals surface area contributed by atoms with Crippen LogP contribution in [-0.4, -0.2) is 39.8 Å². The fraction of sp³-hybridized carbons (Fsp3) is 0.267. The summed E-state index contributed by atoms with van der Waals surface area (Å²) in [7, 11) is 1.62. The van der Waals surface area contributed by atoms with E-state index in [-0.39, 0.29) is 5.91 Å². The topological polar surface area (TPSA) is 68.5 Å². The molecule has 0 aliphatic rings. The molecule has 0 saturated heterocycles. The average molecular weight is 317 g/mol. The minimum absolute atomic E-state index is 0.0619. The van der Waals surface area contributed by atoms with Gasteiger partial charge in [0.15, 0.2) is 0 Å². The molecule has 0 atom stereocenters. The molecule has 0 spiro atoms. The van der Waals surface area contributed by atoms with E-state index in [0.29, 0.717) is 25.3 Å². The van der Waals surface area contributed by atoms with E-state index in [0.717, 1.165) is 28.3 Å². The third-order valence-corrected chi connectivity index (χ3v) is 3.86. The minimum atomic E-state index is -0.0619. The lowest BCUT2D eigenvalue weighted by Gasteiger charge is -2.21. The lowest BCUT2D eigenvalue weighted by molar-refractivity contribution is 0.0680. The van der Waals surface area contributed by atoms with Crippen molar-refractivity contribution in [2.24, 2.45) is 0 Å². The summed E-state index contributed by atoms with van der Waals surface area (Å²) in [5, 5.41) is 0. The Morgan fingerprint density at radius 2 is 2.18 bits per heavy atom. The molecule has 3 aromatic rings. The molecule has 2 aromatic heterocycles. The van der Waals surface area contributed by atoms with Gasteiger partial charge in [-0.05, 0) is 24.3 Å². The number of nitrogens with zero attached hydrogens (tertiary/aromatic N) is 3. The molecule has 1 aromatic carbocycles. The summed E-state index contributed by atoms with van der Waals surface area (Å²) in [6.45, 7) is 1.46. The maximum Gasteiger partial charge on any atom is 0.254 e. The van der Waals surface area contributed by atoms with Gasteiger partial charge in [0.05, 0.1) is 30.9 Å². The second kappa shape index (κ2) is 6.67.